The number of nitro groups is 1. The van der Waals surface area contributed by atoms with Crippen LogP contribution in [0, 0.1) is 24.0 Å². The van der Waals surface area contributed by atoms with E-state index in [2.05, 4.69) is 9.97 Å². The van der Waals surface area contributed by atoms with Gasteiger partial charge in [0.05, 0.1) is 11.8 Å². The Morgan fingerprint density at radius 2 is 2.09 bits per heavy atom. The van der Waals surface area contributed by atoms with E-state index in [0.29, 0.717) is 11.5 Å². The highest BCUT2D eigenvalue weighted by Crippen LogP contribution is 2.07. The summed E-state index contributed by atoms with van der Waals surface area (Å²) in [5.41, 5.74) is 0.615. The summed E-state index contributed by atoms with van der Waals surface area (Å²) in [6.45, 7) is 3.32. The molecule has 0 bridgehead atoms. The average Bonchev–Trinajstić information content (AvgIpc) is 1.85. The lowest BCUT2D eigenvalue weighted by Crippen LogP contribution is -1.97. The molecule has 0 aliphatic carbocycles. The molecule has 0 atom stereocenters. The van der Waals surface area contributed by atoms with Crippen LogP contribution < -0.4 is 0 Å². The number of hydrogen-bond acceptors (Lipinski definition) is 4. The lowest BCUT2D eigenvalue weighted by molar-refractivity contribution is -0.389. The predicted octanol–water partition coefficient (Wildman–Crippen LogP) is 1.00. The molecule has 1 heterocycles. The largest absolute Gasteiger partial charge is 0.367 e. The van der Waals surface area contributed by atoms with E-state index in [1.165, 1.54) is 6.07 Å². The summed E-state index contributed by atoms with van der Waals surface area (Å²) in [6, 6.07) is 1.34. The van der Waals surface area contributed by atoms with Gasteiger partial charge in [-0.05, 0) is 16.8 Å². The number of rotatable bonds is 1. The van der Waals surface area contributed by atoms with Gasteiger partial charge in [-0.15, -0.1) is 0 Å². The molecule has 0 radical (unpaired) electrons. The first-order chi connectivity index (χ1) is 5.09. The molecular formula is C6H7N3O2. The van der Waals surface area contributed by atoms with Crippen LogP contribution in [0.4, 0.5) is 5.82 Å². The van der Waals surface area contributed by atoms with E-state index in [1.54, 1.807) is 13.8 Å². The lowest BCUT2D eigenvalue weighted by Gasteiger charge is -1.93. The molecular weight excluding hydrogens is 146 g/mol. The molecule has 58 valence electrons. The standard InChI is InChI=1S/C6H7N3O2/c1-4-3-6(9(10)11)8-5(2)7-4/h3H,1-2H3. The summed E-state index contributed by atoms with van der Waals surface area (Å²) in [5.74, 6) is 0.284. The molecule has 0 saturated carbocycles. The Kier molecular flexibility index (Phi) is 1.80. The van der Waals surface area contributed by atoms with Crippen molar-refractivity contribution < 1.29 is 4.92 Å². The number of hydrogen-bond donors (Lipinski definition) is 0. The molecule has 0 saturated heterocycles. The normalized spacial score (nSPS) is 9.64. The summed E-state index contributed by atoms with van der Waals surface area (Å²) < 4.78 is 0. The zero-order valence-corrected chi connectivity index (χ0v) is 6.24. The lowest BCUT2D eigenvalue weighted by atomic mass is 10.4. The molecule has 5 heteroatoms. The van der Waals surface area contributed by atoms with Gasteiger partial charge in [0.2, 0.25) is 5.82 Å². The van der Waals surface area contributed by atoms with Crippen LogP contribution in [0.25, 0.3) is 0 Å². The second-order valence-corrected chi connectivity index (χ2v) is 2.17. The first-order valence-corrected chi connectivity index (χ1v) is 3.06. The molecule has 0 fully saturated rings. The zero-order chi connectivity index (χ0) is 8.43. The van der Waals surface area contributed by atoms with Crippen LogP contribution in [0.3, 0.4) is 0 Å². The summed E-state index contributed by atoms with van der Waals surface area (Å²) in [4.78, 5) is 17.2. The van der Waals surface area contributed by atoms with Gasteiger partial charge < -0.3 is 10.1 Å². The Labute approximate surface area is 63.3 Å². The second kappa shape index (κ2) is 2.61. The molecule has 1 aromatic rings. The van der Waals surface area contributed by atoms with E-state index in [4.69, 9.17) is 0 Å². The number of aryl methyl sites for hydroxylation is 2. The van der Waals surface area contributed by atoms with Crippen LogP contribution in [0.5, 0.6) is 0 Å². The third-order valence-corrected chi connectivity index (χ3v) is 1.14. The monoisotopic (exact) mass is 153 g/mol. The average molecular weight is 153 g/mol. The summed E-state index contributed by atoms with van der Waals surface area (Å²) >= 11 is 0. The molecule has 0 aliphatic heterocycles. The Hall–Kier alpha value is -1.52. The van der Waals surface area contributed by atoms with E-state index < -0.39 is 4.92 Å². The quantitative estimate of drug-likeness (QED) is 0.445. The van der Waals surface area contributed by atoms with Crippen LogP contribution in [0.1, 0.15) is 11.5 Å². The molecule has 0 N–H and O–H groups in total. The van der Waals surface area contributed by atoms with E-state index in [-0.39, 0.29) is 5.82 Å². The Balaban J connectivity index is 3.19. The summed E-state index contributed by atoms with van der Waals surface area (Å²) in [6.07, 6.45) is 0. The highest BCUT2D eigenvalue weighted by Gasteiger charge is 2.08. The molecule has 1 rings (SSSR count). The number of aromatic nitrogens is 2. The van der Waals surface area contributed by atoms with E-state index >= 15 is 0 Å². The molecule has 1 aromatic heterocycles. The van der Waals surface area contributed by atoms with Crippen molar-refractivity contribution in [1.82, 2.24) is 9.97 Å². The van der Waals surface area contributed by atoms with E-state index in [1.807, 2.05) is 0 Å². The first kappa shape index (κ1) is 7.59. The van der Waals surface area contributed by atoms with Crippen molar-refractivity contribution >= 4 is 5.82 Å². The maximum atomic E-state index is 10.2. The molecule has 0 aromatic carbocycles. The van der Waals surface area contributed by atoms with Crippen molar-refractivity contribution in [2.45, 2.75) is 13.8 Å². The SMILES string of the molecule is Cc1cc([N+](=O)[O-])nc(C)n1. The van der Waals surface area contributed by atoms with Crippen LogP contribution >= 0.6 is 0 Å². The Morgan fingerprint density at radius 1 is 1.45 bits per heavy atom. The van der Waals surface area contributed by atoms with E-state index in [9.17, 15) is 10.1 Å². The van der Waals surface area contributed by atoms with Gasteiger partial charge in [-0.2, -0.15) is 0 Å². The molecule has 0 spiro atoms. The smallest absolute Gasteiger partial charge is 0.358 e. The molecule has 0 amide bonds. The van der Waals surface area contributed by atoms with Gasteiger partial charge in [-0.25, -0.2) is 4.98 Å². The van der Waals surface area contributed by atoms with Gasteiger partial charge in [0.25, 0.3) is 0 Å². The van der Waals surface area contributed by atoms with Crippen molar-refractivity contribution in [2.24, 2.45) is 0 Å². The maximum absolute atomic E-state index is 10.2. The molecule has 0 unspecified atom stereocenters. The third kappa shape index (κ3) is 1.70. The van der Waals surface area contributed by atoms with Crippen LogP contribution in [-0.2, 0) is 0 Å². The Morgan fingerprint density at radius 3 is 2.55 bits per heavy atom. The van der Waals surface area contributed by atoms with Gasteiger partial charge in [0.15, 0.2) is 0 Å². The highest BCUT2D eigenvalue weighted by molar-refractivity contribution is 5.20. The van der Waals surface area contributed by atoms with Gasteiger partial charge in [0.1, 0.15) is 0 Å². The van der Waals surface area contributed by atoms with E-state index in [0.717, 1.165) is 0 Å². The molecule has 0 aliphatic rings. The molecule has 11 heavy (non-hydrogen) atoms. The fourth-order valence-electron chi connectivity index (χ4n) is 0.791. The maximum Gasteiger partial charge on any atom is 0.367 e. The van der Waals surface area contributed by atoms with Gasteiger partial charge in [-0.3, -0.25) is 0 Å². The third-order valence-electron chi connectivity index (χ3n) is 1.14. The van der Waals surface area contributed by atoms with Crippen molar-refractivity contribution in [3.8, 4) is 0 Å². The highest BCUT2D eigenvalue weighted by atomic mass is 16.6. The first-order valence-electron chi connectivity index (χ1n) is 3.06. The zero-order valence-electron chi connectivity index (χ0n) is 6.24. The minimum Gasteiger partial charge on any atom is -0.358 e. The van der Waals surface area contributed by atoms with Crippen molar-refractivity contribution in [3.63, 3.8) is 0 Å². The van der Waals surface area contributed by atoms with Crippen molar-refractivity contribution in [1.29, 1.82) is 0 Å². The predicted molar refractivity (Wildman–Crippen MR) is 38.2 cm³/mol. The molecule has 5 nitrogen and oxygen atoms in total. The minimum absolute atomic E-state index is 0.144. The van der Waals surface area contributed by atoms with Crippen LogP contribution in [0.15, 0.2) is 6.07 Å². The number of nitrogens with zero attached hydrogens (tertiary/aromatic N) is 3. The topological polar surface area (TPSA) is 68.9 Å². The van der Waals surface area contributed by atoms with Crippen molar-refractivity contribution in [3.05, 3.63) is 27.7 Å². The fraction of sp³-hybridized carbons (Fsp3) is 0.333. The minimum atomic E-state index is -0.526. The van der Waals surface area contributed by atoms with Crippen LogP contribution in [0.2, 0.25) is 0 Å². The van der Waals surface area contributed by atoms with Gasteiger partial charge in [-0.1, -0.05) is 0 Å². The fourth-order valence-corrected chi connectivity index (χ4v) is 0.791. The second-order valence-electron chi connectivity index (χ2n) is 2.17. The summed E-state index contributed by atoms with van der Waals surface area (Å²) in [5, 5.41) is 10.2. The van der Waals surface area contributed by atoms with Gasteiger partial charge in [0, 0.05) is 6.92 Å². The van der Waals surface area contributed by atoms with Gasteiger partial charge >= 0.3 is 5.82 Å². The summed E-state index contributed by atoms with van der Waals surface area (Å²) in [7, 11) is 0. The van der Waals surface area contributed by atoms with Crippen molar-refractivity contribution in [2.75, 3.05) is 0 Å². The van der Waals surface area contributed by atoms with Crippen LogP contribution in [-0.4, -0.2) is 14.9 Å². The Bertz CT molecular complexity index is 278.